The third-order valence-corrected chi connectivity index (χ3v) is 3.37. The number of piperidine rings is 1. The molecule has 19 heavy (non-hydrogen) atoms. The Kier molecular flexibility index (Phi) is 4.57. The van der Waals surface area contributed by atoms with Gasteiger partial charge in [-0.25, -0.2) is 0 Å². The summed E-state index contributed by atoms with van der Waals surface area (Å²) in [5.74, 6) is 0.895. The second-order valence-corrected chi connectivity index (χ2v) is 4.74. The van der Waals surface area contributed by atoms with Crippen LogP contribution in [0.3, 0.4) is 0 Å². The van der Waals surface area contributed by atoms with Gasteiger partial charge in [-0.15, -0.1) is 0 Å². The molecule has 1 heterocycles. The van der Waals surface area contributed by atoms with Gasteiger partial charge in [0.2, 0.25) is 0 Å². The number of anilines is 1. The molecule has 0 saturated carbocycles. The minimum atomic E-state index is -0.437. The van der Waals surface area contributed by atoms with E-state index in [-0.39, 0.29) is 11.4 Å². The van der Waals surface area contributed by atoms with Gasteiger partial charge in [0.15, 0.2) is 5.75 Å². The second kappa shape index (κ2) is 6.38. The van der Waals surface area contributed by atoms with Gasteiger partial charge in [-0.3, -0.25) is 10.1 Å². The van der Waals surface area contributed by atoms with Gasteiger partial charge in [0.05, 0.1) is 12.0 Å². The Morgan fingerprint density at radius 3 is 3.05 bits per heavy atom. The van der Waals surface area contributed by atoms with Crippen LogP contribution in [-0.4, -0.2) is 31.7 Å². The third kappa shape index (κ3) is 3.57. The normalized spacial score (nSPS) is 18.9. The zero-order valence-corrected chi connectivity index (χ0v) is 11.0. The highest BCUT2D eigenvalue weighted by atomic mass is 16.6. The van der Waals surface area contributed by atoms with Crippen LogP contribution in [0.1, 0.15) is 12.8 Å². The van der Waals surface area contributed by atoms with Crippen LogP contribution in [-0.2, 0) is 0 Å². The molecule has 1 aromatic rings. The zero-order chi connectivity index (χ0) is 13.7. The van der Waals surface area contributed by atoms with Crippen molar-refractivity contribution >= 4 is 11.4 Å². The molecule has 1 unspecified atom stereocenters. The molecule has 0 spiro atoms. The quantitative estimate of drug-likeness (QED) is 0.629. The Balaban J connectivity index is 1.98. The Morgan fingerprint density at radius 1 is 1.58 bits per heavy atom. The van der Waals surface area contributed by atoms with E-state index in [1.54, 1.807) is 12.1 Å². The highest BCUT2D eigenvalue weighted by Crippen LogP contribution is 2.29. The van der Waals surface area contributed by atoms with Crippen molar-refractivity contribution < 1.29 is 9.66 Å². The number of hydrogen-bond donors (Lipinski definition) is 2. The molecule has 0 aromatic heterocycles. The van der Waals surface area contributed by atoms with E-state index < -0.39 is 4.92 Å². The molecule has 2 rings (SSSR count). The van der Waals surface area contributed by atoms with Crippen molar-refractivity contribution in [3.8, 4) is 5.75 Å². The molecule has 1 saturated heterocycles. The maximum Gasteiger partial charge on any atom is 0.311 e. The number of methoxy groups -OCH3 is 1. The van der Waals surface area contributed by atoms with Crippen molar-refractivity contribution in [2.75, 3.05) is 32.1 Å². The van der Waals surface area contributed by atoms with E-state index in [2.05, 4.69) is 10.6 Å². The monoisotopic (exact) mass is 265 g/mol. The van der Waals surface area contributed by atoms with Crippen molar-refractivity contribution in [2.45, 2.75) is 12.8 Å². The van der Waals surface area contributed by atoms with E-state index in [1.165, 1.54) is 26.0 Å². The first-order chi connectivity index (χ1) is 9.20. The average Bonchev–Trinajstić information content (AvgIpc) is 2.45. The lowest BCUT2D eigenvalue weighted by Crippen LogP contribution is -2.33. The zero-order valence-electron chi connectivity index (χ0n) is 11.0. The van der Waals surface area contributed by atoms with Gasteiger partial charge >= 0.3 is 5.69 Å². The number of nitrogens with one attached hydrogen (secondary N) is 2. The number of benzene rings is 1. The van der Waals surface area contributed by atoms with Crippen LogP contribution in [0, 0.1) is 16.0 Å². The first-order valence-corrected chi connectivity index (χ1v) is 6.47. The van der Waals surface area contributed by atoms with Gasteiger partial charge in [-0.05, 0) is 37.9 Å². The maximum absolute atomic E-state index is 10.8. The van der Waals surface area contributed by atoms with Crippen molar-refractivity contribution in [1.82, 2.24) is 5.32 Å². The van der Waals surface area contributed by atoms with Crippen molar-refractivity contribution in [3.05, 3.63) is 28.3 Å². The van der Waals surface area contributed by atoms with Gasteiger partial charge in [-0.1, -0.05) is 0 Å². The topological polar surface area (TPSA) is 76.4 Å². The SMILES string of the molecule is COc1cc(NCC2CCCNC2)ccc1[N+](=O)[O-]. The minimum Gasteiger partial charge on any atom is -0.490 e. The molecule has 0 aliphatic carbocycles. The molecule has 1 aliphatic heterocycles. The van der Waals surface area contributed by atoms with E-state index in [9.17, 15) is 10.1 Å². The standard InChI is InChI=1S/C13H19N3O3/c1-19-13-7-11(4-5-12(13)16(17)18)15-9-10-3-2-6-14-8-10/h4-5,7,10,14-15H,2-3,6,8-9H2,1H3. The number of rotatable bonds is 5. The number of nitro groups is 1. The molecule has 1 atom stereocenters. The molecule has 0 amide bonds. The summed E-state index contributed by atoms with van der Waals surface area (Å²) in [5.41, 5.74) is 0.848. The van der Waals surface area contributed by atoms with Crippen LogP contribution < -0.4 is 15.4 Å². The molecule has 1 aliphatic rings. The largest absolute Gasteiger partial charge is 0.490 e. The highest BCUT2D eigenvalue weighted by molar-refractivity contribution is 5.57. The van der Waals surface area contributed by atoms with Crippen LogP contribution in [0.15, 0.2) is 18.2 Å². The first kappa shape index (κ1) is 13.6. The van der Waals surface area contributed by atoms with Crippen LogP contribution in [0.4, 0.5) is 11.4 Å². The summed E-state index contributed by atoms with van der Waals surface area (Å²) < 4.78 is 5.05. The van der Waals surface area contributed by atoms with Gasteiger partial charge in [0.25, 0.3) is 0 Å². The average molecular weight is 265 g/mol. The molecule has 0 radical (unpaired) electrons. The Morgan fingerprint density at radius 2 is 2.42 bits per heavy atom. The van der Waals surface area contributed by atoms with Crippen LogP contribution in [0.5, 0.6) is 5.75 Å². The molecule has 6 nitrogen and oxygen atoms in total. The van der Waals surface area contributed by atoms with E-state index in [4.69, 9.17) is 4.74 Å². The summed E-state index contributed by atoms with van der Waals surface area (Å²) in [6, 6.07) is 4.87. The number of nitro benzene ring substituents is 1. The van der Waals surface area contributed by atoms with Crippen LogP contribution in [0.25, 0.3) is 0 Å². The fourth-order valence-corrected chi connectivity index (χ4v) is 2.30. The minimum absolute atomic E-state index is 0.00705. The summed E-state index contributed by atoms with van der Waals surface area (Å²) in [6.07, 6.45) is 2.42. The number of nitrogens with zero attached hydrogens (tertiary/aromatic N) is 1. The predicted molar refractivity (Wildman–Crippen MR) is 73.7 cm³/mol. The number of ether oxygens (including phenoxy) is 1. The second-order valence-electron chi connectivity index (χ2n) is 4.74. The summed E-state index contributed by atoms with van der Waals surface area (Å²) in [6.45, 7) is 2.99. The summed E-state index contributed by atoms with van der Waals surface area (Å²) in [7, 11) is 1.44. The Hall–Kier alpha value is -1.82. The third-order valence-electron chi connectivity index (χ3n) is 3.37. The fraction of sp³-hybridized carbons (Fsp3) is 0.538. The molecule has 0 bridgehead atoms. The molecular formula is C13H19N3O3. The summed E-state index contributed by atoms with van der Waals surface area (Å²) in [4.78, 5) is 10.4. The van der Waals surface area contributed by atoms with E-state index >= 15 is 0 Å². The lowest BCUT2D eigenvalue weighted by Gasteiger charge is -2.23. The van der Waals surface area contributed by atoms with Gasteiger partial charge < -0.3 is 15.4 Å². The van der Waals surface area contributed by atoms with Gasteiger partial charge in [0, 0.05) is 24.4 Å². The fourth-order valence-electron chi connectivity index (χ4n) is 2.30. The molecule has 1 aromatic carbocycles. The molecule has 1 fully saturated rings. The first-order valence-electron chi connectivity index (χ1n) is 6.47. The Labute approximate surface area is 112 Å². The molecular weight excluding hydrogens is 246 g/mol. The van der Waals surface area contributed by atoms with Gasteiger partial charge in [-0.2, -0.15) is 0 Å². The predicted octanol–water partition coefficient (Wildman–Crippen LogP) is 2.01. The van der Waals surface area contributed by atoms with Crippen molar-refractivity contribution in [1.29, 1.82) is 0 Å². The van der Waals surface area contributed by atoms with Crippen molar-refractivity contribution in [3.63, 3.8) is 0 Å². The van der Waals surface area contributed by atoms with E-state index in [0.717, 1.165) is 25.3 Å². The molecule has 2 N–H and O–H groups in total. The summed E-state index contributed by atoms with van der Waals surface area (Å²) >= 11 is 0. The summed E-state index contributed by atoms with van der Waals surface area (Å²) in [5, 5.41) is 17.5. The van der Waals surface area contributed by atoms with E-state index in [1.807, 2.05) is 0 Å². The number of hydrogen-bond acceptors (Lipinski definition) is 5. The molecule has 6 heteroatoms. The lowest BCUT2D eigenvalue weighted by molar-refractivity contribution is -0.385. The highest BCUT2D eigenvalue weighted by Gasteiger charge is 2.16. The molecule has 104 valence electrons. The lowest BCUT2D eigenvalue weighted by atomic mass is 10.00. The van der Waals surface area contributed by atoms with Gasteiger partial charge in [0.1, 0.15) is 0 Å². The smallest absolute Gasteiger partial charge is 0.311 e. The Bertz CT molecular complexity index is 445. The van der Waals surface area contributed by atoms with Crippen LogP contribution in [0.2, 0.25) is 0 Å². The van der Waals surface area contributed by atoms with Crippen LogP contribution >= 0.6 is 0 Å². The van der Waals surface area contributed by atoms with Crippen molar-refractivity contribution in [2.24, 2.45) is 5.92 Å². The maximum atomic E-state index is 10.8. The van der Waals surface area contributed by atoms with E-state index in [0.29, 0.717) is 5.92 Å².